The zero-order chi connectivity index (χ0) is 18.7. The molecule has 0 saturated heterocycles. The van der Waals surface area contributed by atoms with Gasteiger partial charge in [0.2, 0.25) is 0 Å². The molecule has 0 spiro atoms. The molecule has 0 radical (unpaired) electrons. The predicted octanol–water partition coefficient (Wildman–Crippen LogP) is 5.45. The zero-order valence-electron chi connectivity index (χ0n) is 13.5. The second kappa shape index (κ2) is 6.87. The monoisotopic (exact) mass is 360 g/mol. The van der Waals surface area contributed by atoms with E-state index in [4.69, 9.17) is 20.9 Å². The number of hydrogen-bond acceptors (Lipinski definition) is 4. The van der Waals surface area contributed by atoms with Gasteiger partial charge in [0.05, 0.1) is 11.4 Å². The molecule has 0 amide bonds. The Morgan fingerprint density at radius 3 is 1.65 bits per heavy atom. The maximum atomic E-state index is 13.5. The average molecular weight is 360 g/mol. The largest absolute Gasteiger partial charge is 0.451 e. The smallest absolute Gasteiger partial charge is 0.420 e. The van der Waals surface area contributed by atoms with Crippen LogP contribution < -0.4 is 20.9 Å². The zero-order valence-corrected chi connectivity index (χ0v) is 13.5. The highest BCUT2D eigenvalue weighted by Crippen LogP contribution is 2.46. The van der Waals surface area contributed by atoms with E-state index in [0.29, 0.717) is 0 Å². The van der Waals surface area contributed by atoms with E-state index in [2.05, 4.69) is 0 Å². The summed E-state index contributed by atoms with van der Waals surface area (Å²) in [5, 5.41) is 0. The van der Waals surface area contributed by atoms with Gasteiger partial charge in [0.15, 0.2) is 23.0 Å². The van der Waals surface area contributed by atoms with E-state index >= 15 is 0 Å². The highest BCUT2D eigenvalue weighted by Gasteiger charge is 2.36. The summed E-state index contributed by atoms with van der Waals surface area (Å²) in [7, 11) is 0. The quantitative estimate of drug-likeness (QED) is 0.607. The lowest BCUT2D eigenvalue weighted by Gasteiger charge is -2.18. The van der Waals surface area contributed by atoms with E-state index < -0.39 is 17.5 Å². The maximum Gasteiger partial charge on any atom is 0.420 e. The first-order valence-electron chi connectivity index (χ1n) is 7.61. The molecule has 4 N–H and O–H groups in total. The van der Waals surface area contributed by atoms with Gasteiger partial charge in [-0.1, -0.05) is 30.3 Å². The van der Waals surface area contributed by atoms with Gasteiger partial charge >= 0.3 is 6.18 Å². The number of alkyl halides is 3. The predicted molar refractivity (Wildman–Crippen MR) is 93.3 cm³/mol. The fourth-order valence-corrected chi connectivity index (χ4v) is 2.30. The van der Waals surface area contributed by atoms with Gasteiger partial charge in [-0.2, -0.15) is 13.2 Å². The molecule has 0 aliphatic carbocycles. The van der Waals surface area contributed by atoms with Gasteiger partial charge in [-0.15, -0.1) is 0 Å². The van der Waals surface area contributed by atoms with Crippen molar-refractivity contribution in [3.8, 4) is 23.0 Å². The van der Waals surface area contributed by atoms with E-state index in [9.17, 15) is 13.2 Å². The fraction of sp³-hybridized carbons (Fsp3) is 0.0526. The molecule has 0 aromatic heterocycles. The Bertz CT molecular complexity index is 927. The summed E-state index contributed by atoms with van der Waals surface area (Å²) in [5.41, 5.74) is 11.1. The molecular weight excluding hydrogens is 345 g/mol. The van der Waals surface area contributed by atoms with Gasteiger partial charge in [0, 0.05) is 0 Å². The summed E-state index contributed by atoms with van der Waals surface area (Å²) in [6, 6.07) is 16.3. The lowest BCUT2D eigenvalue weighted by Crippen LogP contribution is -2.08. The van der Waals surface area contributed by atoms with E-state index in [0.717, 1.165) is 6.07 Å². The number of nitrogens with two attached hydrogens (primary N) is 2. The average Bonchev–Trinajstić information content (AvgIpc) is 2.59. The van der Waals surface area contributed by atoms with Crippen LogP contribution in [0.3, 0.4) is 0 Å². The van der Waals surface area contributed by atoms with Gasteiger partial charge in [-0.05, 0) is 36.4 Å². The molecule has 0 saturated carbocycles. The SMILES string of the molecule is Nc1ccccc1Oc1cccc(C(F)(F)F)c1Oc1ccccc1N. The first kappa shape index (κ1) is 17.5. The minimum absolute atomic E-state index is 0.0927. The van der Waals surface area contributed by atoms with Crippen LogP contribution in [0.1, 0.15) is 5.56 Å². The van der Waals surface area contributed by atoms with Crippen molar-refractivity contribution >= 4 is 11.4 Å². The van der Waals surface area contributed by atoms with E-state index in [1.807, 2.05) is 0 Å². The Kier molecular flexibility index (Phi) is 4.62. The van der Waals surface area contributed by atoms with Crippen molar-refractivity contribution in [1.29, 1.82) is 0 Å². The van der Waals surface area contributed by atoms with Crippen molar-refractivity contribution in [3.05, 3.63) is 72.3 Å². The molecule has 3 aromatic carbocycles. The van der Waals surface area contributed by atoms with Crippen LogP contribution in [-0.4, -0.2) is 0 Å². The highest BCUT2D eigenvalue weighted by molar-refractivity contribution is 5.59. The Morgan fingerprint density at radius 1 is 0.615 bits per heavy atom. The molecule has 7 heteroatoms. The van der Waals surface area contributed by atoms with E-state index in [1.165, 1.54) is 24.3 Å². The summed E-state index contributed by atoms with van der Waals surface area (Å²) in [4.78, 5) is 0. The number of ether oxygens (including phenoxy) is 2. The van der Waals surface area contributed by atoms with Crippen molar-refractivity contribution in [2.75, 3.05) is 11.5 Å². The van der Waals surface area contributed by atoms with Crippen LogP contribution in [0.15, 0.2) is 66.7 Å². The van der Waals surface area contributed by atoms with Crippen molar-refractivity contribution in [3.63, 3.8) is 0 Å². The minimum atomic E-state index is -4.64. The molecule has 0 aliphatic rings. The Hall–Kier alpha value is -3.35. The third-order valence-electron chi connectivity index (χ3n) is 3.55. The lowest BCUT2D eigenvalue weighted by atomic mass is 10.1. The third kappa shape index (κ3) is 3.66. The molecule has 0 aliphatic heterocycles. The molecule has 4 nitrogen and oxygen atoms in total. The third-order valence-corrected chi connectivity index (χ3v) is 3.55. The molecule has 0 unspecified atom stereocenters. The van der Waals surface area contributed by atoms with E-state index in [1.54, 1.807) is 36.4 Å². The molecule has 3 aromatic rings. The number of anilines is 2. The minimum Gasteiger partial charge on any atom is -0.451 e. The highest BCUT2D eigenvalue weighted by atomic mass is 19.4. The second-order valence-corrected chi connectivity index (χ2v) is 5.41. The molecule has 0 atom stereocenters. The van der Waals surface area contributed by atoms with Crippen LogP contribution in [0.25, 0.3) is 0 Å². The molecule has 26 heavy (non-hydrogen) atoms. The van der Waals surface area contributed by atoms with Crippen molar-refractivity contribution in [2.45, 2.75) is 6.18 Å². The molecule has 0 bridgehead atoms. The standard InChI is InChI=1S/C19H15F3N2O2/c20-19(21,22)12-6-5-11-17(25-15-9-3-1-7-13(15)23)18(12)26-16-10-4-2-8-14(16)24/h1-11H,23-24H2. The van der Waals surface area contributed by atoms with E-state index in [-0.39, 0.29) is 28.6 Å². The van der Waals surface area contributed by atoms with Crippen LogP contribution in [-0.2, 0) is 6.18 Å². The van der Waals surface area contributed by atoms with Crippen molar-refractivity contribution in [2.24, 2.45) is 0 Å². The van der Waals surface area contributed by atoms with Crippen LogP contribution in [0.2, 0.25) is 0 Å². The first-order chi connectivity index (χ1) is 12.4. The summed E-state index contributed by atoms with van der Waals surface area (Å²) < 4.78 is 51.5. The number of para-hydroxylation sites is 5. The lowest BCUT2D eigenvalue weighted by molar-refractivity contribution is -0.138. The Balaban J connectivity index is 2.09. The van der Waals surface area contributed by atoms with Crippen LogP contribution in [0.4, 0.5) is 24.5 Å². The Morgan fingerprint density at radius 2 is 1.12 bits per heavy atom. The molecule has 0 heterocycles. The van der Waals surface area contributed by atoms with Crippen LogP contribution >= 0.6 is 0 Å². The summed E-state index contributed by atoms with van der Waals surface area (Å²) in [6.07, 6.45) is -4.64. The van der Waals surface area contributed by atoms with Gasteiger partial charge in [0.1, 0.15) is 5.56 Å². The van der Waals surface area contributed by atoms with Crippen molar-refractivity contribution in [1.82, 2.24) is 0 Å². The fourth-order valence-electron chi connectivity index (χ4n) is 2.30. The van der Waals surface area contributed by atoms with Gasteiger partial charge in [-0.3, -0.25) is 0 Å². The topological polar surface area (TPSA) is 70.5 Å². The number of rotatable bonds is 4. The number of halogens is 3. The summed E-state index contributed by atoms with van der Waals surface area (Å²) in [6.45, 7) is 0. The summed E-state index contributed by atoms with van der Waals surface area (Å²) >= 11 is 0. The van der Waals surface area contributed by atoms with Crippen molar-refractivity contribution < 1.29 is 22.6 Å². The second-order valence-electron chi connectivity index (χ2n) is 5.41. The van der Waals surface area contributed by atoms with Gasteiger partial charge in [-0.25, -0.2) is 0 Å². The molecule has 134 valence electrons. The normalized spacial score (nSPS) is 11.2. The van der Waals surface area contributed by atoms with Gasteiger partial charge in [0.25, 0.3) is 0 Å². The molecule has 0 fully saturated rings. The summed E-state index contributed by atoms with van der Waals surface area (Å²) in [5.74, 6) is -0.296. The molecule has 3 rings (SSSR count). The number of benzene rings is 3. The molecular formula is C19H15F3N2O2. The number of nitrogen functional groups attached to an aromatic ring is 2. The number of hydrogen-bond donors (Lipinski definition) is 2. The van der Waals surface area contributed by atoms with Crippen LogP contribution in [0.5, 0.6) is 23.0 Å². The first-order valence-corrected chi connectivity index (χ1v) is 7.61. The maximum absolute atomic E-state index is 13.5. The van der Waals surface area contributed by atoms with Crippen LogP contribution in [0, 0.1) is 0 Å². The Labute approximate surface area is 147 Å². The van der Waals surface area contributed by atoms with Gasteiger partial charge < -0.3 is 20.9 Å².